The van der Waals surface area contributed by atoms with E-state index in [4.69, 9.17) is 23.0 Å². The molecule has 182 valence electrons. The summed E-state index contributed by atoms with van der Waals surface area (Å²) in [6.45, 7) is 2.53. The largest absolute Gasteiger partial charge is 0.493 e. The quantitative estimate of drug-likeness (QED) is 0.461. The Bertz CT molecular complexity index is 1270. The molecule has 2 N–H and O–H groups in total. The predicted octanol–water partition coefficient (Wildman–Crippen LogP) is 2.48. The van der Waals surface area contributed by atoms with Crippen LogP contribution >= 0.6 is 0 Å². The van der Waals surface area contributed by atoms with Crippen LogP contribution in [0, 0.1) is 6.92 Å². The number of nitrogens with zero attached hydrogens (tertiary/aromatic N) is 1. The summed E-state index contributed by atoms with van der Waals surface area (Å²) in [5.41, 5.74) is 1.46. The maximum Gasteiger partial charge on any atom is 0.415 e. The van der Waals surface area contributed by atoms with Gasteiger partial charge in [0, 0.05) is 5.92 Å². The van der Waals surface area contributed by atoms with Crippen LogP contribution in [0.3, 0.4) is 0 Å². The number of alkyl carbamates (subject to hydrolysis) is 1. The van der Waals surface area contributed by atoms with Gasteiger partial charge >= 0.3 is 6.09 Å². The number of Topliss-reactive ketones (excluding diaryl/α,β-unsaturated/α-hetero) is 1. The smallest absolute Gasteiger partial charge is 0.415 e. The number of rotatable bonds is 8. The standard InChI is InChI=1S/C24H23N3O8/c1-12-15(26-23(34-12)17-4-3-9-32-17)11-33-16-6-5-13(10-18(16)31-2)14-7-8-25-19(14)20(28)21-22(29)27-24(30)35-21/h3-6,9-10,14,19,21,25H,7-8,11H2,1-2H3,(H,27,29,30)/t14?,19-,21+/m0/s1. The molecule has 2 saturated heterocycles. The average Bonchev–Trinajstić information content (AvgIpc) is 3.64. The fraction of sp³-hybridized carbons (Fsp3) is 0.333. The molecule has 0 bridgehead atoms. The zero-order valence-corrected chi connectivity index (χ0v) is 19.0. The van der Waals surface area contributed by atoms with E-state index in [9.17, 15) is 14.4 Å². The second-order valence-corrected chi connectivity index (χ2v) is 8.20. The van der Waals surface area contributed by atoms with Gasteiger partial charge in [0.05, 0.1) is 19.4 Å². The molecule has 2 aromatic heterocycles. The number of ketones is 1. The number of amides is 2. The highest BCUT2D eigenvalue weighted by Crippen LogP contribution is 2.36. The molecule has 0 saturated carbocycles. The molecule has 11 nitrogen and oxygen atoms in total. The number of carbonyl (C=O) groups excluding carboxylic acids is 3. The first-order valence-corrected chi connectivity index (χ1v) is 11.0. The van der Waals surface area contributed by atoms with Gasteiger partial charge in [0.2, 0.25) is 11.9 Å². The highest BCUT2D eigenvalue weighted by atomic mass is 16.6. The molecule has 35 heavy (non-hydrogen) atoms. The summed E-state index contributed by atoms with van der Waals surface area (Å²) < 4.78 is 27.3. The molecule has 1 unspecified atom stereocenters. The Morgan fingerprint density at radius 1 is 1.23 bits per heavy atom. The van der Waals surface area contributed by atoms with Crippen LogP contribution in [0.5, 0.6) is 11.5 Å². The van der Waals surface area contributed by atoms with Crippen LogP contribution in [-0.2, 0) is 20.9 Å². The average molecular weight is 481 g/mol. The van der Waals surface area contributed by atoms with Crippen LogP contribution < -0.4 is 20.1 Å². The van der Waals surface area contributed by atoms with Gasteiger partial charge in [-0.3, -0.25) is 14.9 Å². The van der Waals surface area contributed by atoms with Crippen molar-refractivity contribution in [2.75, 3.05) is 13.7 Å². The van der Waals surface area contributed by atoms with Crippen molar-refractivity contribution in [1.82, 2.24) is 15.6 Å². The van der Waals surface area contributed by atoms with Gasteiger partial charge in [-0.2, -0.15) is 0 Å². The van der Waals surface area contributed by atoms with E-state index in [2.05, 4.69) is 10.3 Å². The van der Waals surface area contributed by atoms with E-state index in [-0.39, 0.29) is 12.5 Å². The van der Waals surface area contributed by atoms with Crippen LogP contribution in [0.1, 0.15) is 29.4 Å². The molecule has 5 rings (SSSR count). The first-order chi connectivity index (χ1) is 16.9. The van der Waals surface area contributed by atoms with Crippen molar-refractivity contribution in [1.29, 1.82) is 0 Å². The fourth-order valence-corrected chi connectivity index (χ4v) is 4.32. The topological polar surface area (TPSA) is 142 Å². The third-order valence-electron chi connectivity index (χ3n) is 6.08. The summed E-state index contributed by atoms with van der Waals surface area (Å²) in [5.74, 6) is 1.04. The van der Waals surface area contributed by atoms with Gasteiger partial charge < -0.3 is 28.4 Å². The molecule has 2 amide bonds. The van der Waals surface area contributed by atoms with Crippen molar-refractivity contribution in [3.63, 3.8) is 0 Å². The SMILES string of the molecule is COc1cc(C2CCN[C@@H]2C(=O)[C@H]2OC(=O)NC2=O)ccc1OCc1nc(-c2ccco2)oc1C. The minimum absolute atomic E-state index is 0.153. The Kier molecular flexibility index (Phi) is 6.00. The van der Waals surface area contributed by atoms with Crippen molar-refractivity contribution in [2.45, 2.75) is 38.0 Å². The second kappa shape index (κ2) is 9.26. The number of methoxy groups -OCH3 is 1. The third-order valence-corrected chi connectivity index (χ3v) is 6.08. The minimum Gasteiger partial charge on any atom is -0.493 e. The number of benzene rings is 1. The normalized spacial score (nSPS) is 21.6. The number of imide groups is 1. The van der Waals surface area contributed by atoms with Gasteiger partial charge in [0.1, 0.15) is 18.1 Å². The van der Waals surface area contributed by atoms with E-state index in [1.165, 1.54) is 7.11 Å². The lowest BCUT2D eigenvalue weighted by atomic mass is 9.88. The van der Waals surface area contributed by atoms with Crippen molar-refractivity contribution >= 4 is 17.8 Å². The molecule has 0 radical (unpaired) electrons. The van der Waals surface area contributed by atoms with Gasteiger partial charge in [-0.15, -0.1) is 0 Å². The third kappa shape index (κ3) is 4.37. The minimum atomic E-state index is -1.44. The number of cyclic esters (lactones) is 1. The summed E-state index contributed by atoms with van der Waals surface area (Å²) in [6, 6.07) is 8.25. The molecule has 4 heterocycles. The molecule has 2 aliphatic rings. The van der Waals surface area contributed by atoms with Crippen LogP contribution in [-0.4, -0.2) is 48.6 Å². The van der Waals surface area contributed by atoms with Gasteiger partial charge in [-0.05, 0) is 49.7 Å². The Labute approximate surface area is 199 Å². The number of carbonyl (C=O) groups is 3. The molecule has 2 fully saturated rings. The maximum atomic E-state index is 12.9. The molecule has 0 aliphatic carbocycles. The monoisotopic (exact) mass is 481 g/mol. The number of furan rings is 1. The van der Waals surface area contributed by atoms with Gasteiger partial charge in [0.15, 0.2) is 17.3 Å². The van der Waals surface area contributed by atoms with Crippen LogP contribution in [0.15, 0.2) is 45.4 Å². The van der Waals surface area contributed by atoms with Crippen molar-refractivity contribution < 1.29 is 37.4 Å². The van der Waals surface area contributed by atoms with Crippen LogP contribution in [0.25, 0.3) is 11.7 Å². The number of oxazole rings is 1. The van der Waals surface area contributed by atoms with E-state index in [0.29, 0.717) is 47.6 Å². The summed E-state index contributed by atoms with van der Waals surface area (Å²) >= 11 is 0. The zero-order chi connectivity index (χ0) is 24.5. The molecule has 2 aliphatic heterocycles. The van der Waals surface area contributed by atoms with Gasteiger partial charge in [0.25, 0.3) is 11.8 Å². The molecule has 3 atom stereocenters. The molecule has 0 spiro atoms. The van der Waals surface area contributed by atoms with Gasteiger partial charge in [-0.25, -0.2) is 9.78 Å². The van der Waals surface area contributed by atoms with Gasteiger partial charge in [-0.1, -0.05) is 6.07 Å². The fourth-order valence-electron chi connectivity index (χ4n) is 4.32. The Balaban J connectivity index is 1.31. The molecule has 11 heteroatoms. The van der Waals surface area contributed by atoms with Crippen LogP contribution in [0.4, 0.5) is 4.79 Å². The second-order valence-electron chi connectivity index (χ2n) is 8.20. The number of ether oxygens (including phenoxy) is 3. The Morgan fingerprint density at radius 3 is 2.80 bits per heavy atom. The lowest BCUT2D eigenvalue weighted by Crippen LogP contribution is -2.44. The Hall–Kier alpha value is -4.12. The number of nitrogens with one attached hydrogen (secondary N) is 2. The van der Waals surface area contributed by atoms with E-state index < -0.39 is 29.9 Å². The number of hydrogen-bond donors (Lipinski definition) is 2. The maximum absolute atomic E-state index is 12.9. The summed E-state index contributed by atoms with van der Waals surface area (Å²) in [6.07, 6.45) is -0.146. The van der Waals surface area contributed by atoms with Crippen molar-refractivity contribution in [3.05, 3.63) is 53.6 Å². The van der Waals surface area contributed by atoms with E-state index in [1.807, 2.05) is 11.4 Å². The highest BCUT2D eigenvalue weighted by Gasteiger charge is 2.45. The molecular formula is C24H23N3O8. The zero-order valence-electron chi connectivity index (χ0n) is 19.0. The first-order valence-electron chi connectivity index (χ1n) is 11.0. The highest BCUT2D eigenvalue weighted by molar-refractivity contribution is 6.15. The van der Waals surface area contributed by atoms with E-state index in [0.717, 1.165) is 5.56 Å². The summed E-state index contributed by atoms with van der Waals surface area (Å²) in [5, 5.41) is 5.11. The molecular weight excluding hydrogens is 458 g/mol. The van der Waals surface area contributed by atoms with E-state index >= 15 is 0 Å². The first kappa shape index (κ1) is 22.7. The number of aryl methyl sites for hydroxylation is 1. The summed E-state index contributed by atoms with van der Waals surface area (Å²) in [7, 11) is 1.53. The van der Waals surface area contributed by atoms with Crippen LogP contribution in [0.2, 0.25) is 0 Å². The van der Waals surface area contributed by atoms with E-state index in [1.54, 1.807) is 37.5 Å². The predicted molar refractivity (Wildman–Crippen MR) is 119 cm³/mol. The lowest BCUT2D eigenvalue weighted by molar-refractivity contribution is -0.136. The Morgan fingerprint density at radius 2 is 2.09 bits per heavy atom. The molecule has 1 aromatic carbocycles. The molecule has 3 aromatic rings. The van der Waals surface area contributed by atoms with Crippen molar-refractivity contribution in [3.8, 4) is 23.1 Å². The summed E-state index contributed by atoms with van der Waals surface area (Å²) in [4.78, 5) is 40.6. The van der Waals surface area contributed by atoms with Crippen molar-refractivity contribution in [2.24, 2.45) is 0 Å². The number of aromatic nitrogens is 1. The number of hydrogen-bond acceptors (Lipinski definition) is 10. The lowest BCUT2D eigenvalue weighted by Gasteiger charge is -2.21.